The highest BCUT2D eigenvalue weighted by Crippen LogP contribution is 2.32. The fourth-order valence-electron chi connectivity index (χ4n) is 3.15. The first kappa shape index (κ1) is 18.8. The van der Waals surface area contributed by atoms with Gasteiger partial charge in [0.1, 0.15) is 17.8 Å². The van der Waals surface area contributed by atoms with E-state index in [1.54, 1.807) is 46.4 Å². The predicted molar refractivity (Wildman–Crippen MR) is 101 cm³/mol. The lowest BCUT2D eigenvalue weighted by Crippen LogP contribution is -2.16. The molecule has 4 aromatic rings. The zero-order chi connectivity index (χ0) is 19.9. The number of rotatable bonds is 5. The van der Waals surface area contributed by atoms with Gasteiger partial charge in [-0.05, 0) is 24.5 Å². The van der Waals surface area contributed by atoms with Gasteiger partial charge in [0.15, 0.2) is 11.5 Å². The van der Waals surface area contributed by atoms with Crippen molar-refractivity contribution in [1.82, 2.24) is 19.6 Å². The normalized spacial score (nSPS) is 12.3. The van der Waals surface area contributed by atoms with Crippen LogP contribution in [-0.2, 0) is 17.8 Å². The Morgan fingerprint density at radius 2 is 1.93 bits per heavy atom. The summed E-state index contributed by atoms with van der Waals surface area (Å²) >= 11 is 1.65. The van der Waals surface area contributed by atoms with Crippen molar-refractivity contribution in [3.05, 3.63) is 46.6 Å². The molecule has 0 aliphatic heterocycles. The molecule has 0 radical (unpaired) electrons. The second-order valence-electron chi connectivity index (χ2n) is 6.42. The Hall–Kier alpha value is -2.52. The third-order valence-corrected chi connectivity index (χ3v) is 5.49. The molecule has 4 rings (SSSR count). The second-order valence-corrected chi connectivity index (χ2v) is 7.63. The summed E-state index contributed by atoms with van der Waals surface area (Å²) in [4.78, 5) is 11.3. The van der Waals surface area contributed by atoms with Gasteiger partial charge in [-0.25, -0.2) is 14.5 Å². The molecule has 5 nitrogen and oxygen atoms in total. The summed E-state index contributed by atoms with van der Waals surface area (Å²) in [6.45, 7) is 2.83. The summed E-state index contributed by atoms with van der Waals surface area (Å²) in [6, 6.07) is 7.01. The number of halogens is 3. The van der Waals surface area contributed by atoms with Gasteiger partial charge in [0.05, 0.1) is 12.0 Å². The van der Waals surface area contributed by atoms with E-state index in [-0.39, 0.29) is 6.61 Å². The summed E-state index contributed by atoms with van der Waals surface area (Å²) in [5, 5.41) is 5.54. The molecule has 0 atom stereocenters. The van der Waals surface area contributed by atoms with E-state index in [0.717, 1.165) is 27.8 Å². The molecule has 0 unspecified atom stereocenters. The maximum atomic E-state index is 12.2. The van der Waals surface area contributed by atoms with Gasteiger partial charge in [-0.2, -0.15) is 13.2 Å². The van der Waals surface area contributed by atoms with E-state index in [4.69, 9.17) is 4.98 Å². The van der Waals surface area contributed by atoms with Crippen LogP contribution in [0.1, 0.15) is 22.9 Å². The highest BCUT2D eigenvalue weighted by atomic mass is 32.1. The Bertz CT molecular complexity index is 1130. The molecule has 3 aromatic heterocycles. The van der Waals surface area contributed by atoms with E-state index >= 15 is 0 Å². The van der Waals surface area contributed by atoms with Crippen molar-refractivity contribution in [1.29, 1.82) is 0 Å². The van der Waals surface area contributed by atoms with E-state index in [9.17, 15) is 13.2 Å². The minimum absolute atomic E-state index is 0.100. The van der Waals surface area contributed by atoms with E-state index in [2.05, 4.69) is 28.7 Å². The number of fused-ring (bicyclic) bond motifs is 3. The number of hydrogen-bond donors (Lipinski definition) is 0. The van der Waals surface area contributed by atoms with Crippen LogP contribution in [0.3, 0.4) is 0 Å². The fourth-order valence-corrected chi connectivity index (χ4v) is 4.22. The largest absolute Gasteiger partial charge is 0.411 e. The quantitative estimate of drug-likeness (QED) is 0.470. The van der Waals surface area contributed by atoms with Crippen LogP contribution in [0.15, 0.2) is 30.6 Å². The zero-order valence-electron chi connectivity index (χ0n) is 15.2. The molecule has 146 valence electrons. The van der Waals surface area contributed by atoms with Crippen LogP contribution in [0.2, 0.25) is 0 Å². The molecule has 3 heterocycles. The summed E-state index contributed by atoms with van der Waals surface area (Å²) in [5.74, 6) is 0.544. The minimum atomic E-state index is -4.32. The van der Waals surface area contributed by atoms with E-state index in [1.165, 1.54) is 10.4 Å². The van der Waals surface area contributed by atoms with Crippen LogP contribution in [0.25, 0.3) is 27.3 Å². The molecule has 1 aromatic carbocycles. The number of aromatic nitrogens is 4. The highest BCUT2D eigenvalue weighted by Gasteiger charge is 2.27. The Morgan fingerprint density at radius 3 is 2.61 bits per heavy atom. The first-order valence-electron chi connectivity index (χ1n) is 8.73. The summed E-state index contributed by atoms with van der Waals surface area (Å²) in [5.41, 5.74) is 3.43. The van der Waals surface area contributed by atoms with Crippen molar-refractivity contribution in [2.75, 3.05) is 6.61 Å². The average Bonchev–Trinajstić information content (AvgIpc) is 3.21. The van der Waals surface area contributed by atoms with Gasteiger partial charge < -0.3 is 4.74 Å². The highest BCUT2D eigenvalue weighted by molar-refractivity contribution is 7.18. The molecule has 0 aliphatic rings. The average molecular weight is 406 g/mol. The van der Waals surface area contributed by atoms with Gasteiger partial charge in [0.25, 0.3) is 0 Å². The minimum Gasteiger partial charge on any atom is -0.367 e. The standard InChI is InChI=1S/C19H17F3N4OS/c1-3-14-11(2)28-18-15(14)17-24-16(25-26(17)10-23-18)13-6-4-12(5-7-13)8-27-9-19(20,21)22/h4-7,10H,3,8-9H2,1-2H3. The number of aryl methyl sites for hydroxylation is 2. The summed E-state index contributed by atoms with van der Waals surface area (Å²) in [6.07, 6.45) is -1.78. The van der Waals surface area contributed by atoms with Crippen LogP contribution in [0.4, 0.5) is 13.2 Å². The lowest BCUT2D eigenvalue weighted by molar-refractivity contribution is -0.176. The van der Waals surface area contributed by atoms with Gasteiger partial charge in [-0.15, -0.1) is 16.4 Å². The lowest BCUT2D eigenvalue weighted by Gasteiger charge is -2.07. The molecule has 28 heavy (non-hydrogen) atoms. The van der Waals surface area contributed by atoms with E-state index in [1.807, 2.05) is 0 Å². The van der Waals surface area contributed by atoms with Crippen molar-refractivity contribution < 1.29 is 17.9 Å². The first-order chi connectivity index (χ1) is 13.4. The van der Waals surface area contributed by atoms with Gasteiger partial charge in [-0.1, -0.05) is 31.2 Å². The molecular weight excluding hydrogens is 389 g/mol. The number of ether oxygens (including phenoxy) is 1. The van der Waals surface area contributed by atoms with Crippen molar-refractivity contribution in [2.45, 2.75) is 33.1 Å². The SMILES string of the molecule is CCc1c(C)sc2ncn3nc(-c4ccc(COCC(F)(F)F)cc4)nc3c12. The van der Waals surface area contributed by atoms with Crippen LogP contribution in [0, 0.1) is 6.92 Å². The van der Waals surface area contributed by atoms with Gasteiger partial charge >= 0.3 is 6.18 Å². The third-order valence-electron chi connectivity index (χ3n) is 4.43. The number of nitrogens with zero attached hydrogens (tertiary/aromatic N) is 4. The first-order valence-corrected chi connectivity index (χ1v) is 9.54. The van der Waals surface area contributed by atoms with Crippen LogP contribution >= 0.6 is 11.3 Å². The van der Waals surface area contributed by atoms with Crippen LogP contribution in [0.5, 0.6) is 0 Å². The van der Waals surface area contributed by atoms with E-state index < -0.39 is 12.8 Å². The van der Waals surface area contributed by atoms with Crippen LogP contribution < -0.4 is 0 Å². The second kappa shape index (κ2) is 7.14. The molecule has 0 bridgehead atoms. The molecule has 0 fully saturated rings. The van der Waals surface area contributed by atoms with Crippen molar-refractivity contribution in [2.24, 2.45) is 0 Å². The molecule has 9 heteroatoms. The smallest absolute Gasteiger partial charge is 0.367 e. The fraction of sp³-hybridized carbons (Fsp3) is 0.316. The Labute approximate surface area is 162 Å². The van der Waals surface area contributed by atoms with Gasteiger partial charge in [0.2, 0.25) is 0 Å². The monoisotopic (exact) mass is 406 g/mol. The third kappa shape index (κ3) is 3.59. The Kier molecular flexibility index (Phi) is 4.80. The number of hydrogen-bond acceptors (Lipinski definition) is 5. The maximum absolute atomic E-state index is 12.2. The number of thiophene rings is 1. The van der Waals surface area contributed by atoms with Crippen molar-refractivity contribution >= 4 is 27.2 Å². The van der Waals surface area contributed by atoms with Gasteiger partial charge in [0, 0.05) is 10.4 Å². The van der Waals surface area contributed by atoms with Gasteiger partial charge in [-0.3, -0.25) is 0 Å². The van der Waals surface area contributed by atoms with E-state index in [0.29, 0.717) is 11.4 Å². The summed E-state index contributed by atoms with van der Waals surface area (Å²) in [7, 11) is 0. The lowest BCUT2D eigenvalue weighted by atomic mass is 10.1. The molecule has 0 saturated carbocycles. The van der Waals surface area contributed by atoms with Crippen molar-refractivity contribution in [3.8, 4) is 11.4 Å². The summed E-state index contributed by atoms with van der Waals surface area (Å²) < 4.78 is 42.8. The molecule has 0 N–H and O–H groups in total. The zero-order valence-corrected chi connectivity index (χ0v) is 16.1. The maximum Gasteiger partial charge on any atom is 0.411 e. The van der Waals surface area contributed by atoms with Crippen LogP contribution in [-0.4, -0.2) is 32.4 Å². The Balaban J connectivity index is 1.63. The molecule has 0 amide bonds. The predicted octanol–water partition coefficient (Wildman–Crippen LogP) is 4.96. The molecule has 0 saturated heterocycles. The molecule has 0 aliphatic carbocycles. The molecular formula is C19H17F3N4OS. The number of alkyl halides is 3. The molecule has 0 spiro atoms. The Morgan fingerprint density at radius 1 is 1.18 bits per heavy atom. The topological polar surface area (TPSA) is 52.3 Å². The van der Waals surface area contributed by atoms with Crippen molar-refractivity contribution in [3.63, 3.8) is 0 Å². The number of benzene rings is 1.